The number of amides is 1. The van der Waals surface area contributed by atoms with Crippen LogP contribution in [0.4, 0.5) is 9.18 Å². The maximum Gasteiger partial charge on any atom is 0.409 e. The molecule has 3 rings (SSSR count). The number of pyridine rings is 1. The zero-order valence-electron chi connectivity index (χ0n) is 15.6. The molecule has 1 aromatic heterocycles. The van der Waals surface area contributed by atoms with Crippen LogP contribution < -0.4 is 5.56 Å². The number of benzene rings is 1. The monoisotopic (exact) mass is 425 g/mol. The Bertz CT molecular complexity index is 1080. The van der Waals surface area contributed by atoms with Crippen LogP contribution in [0, 0.1) is 5.82 Å². The quantitative estimate of drug-likeness (QED) is 0.772. The predicted molar refractivity (Wildman–Crippen MR) is 101 cm³/mol. The first-order chi connectivity index (χ1) is 13.7. The maximum absolute atomic E-state index is 13.4. The van der Waals surface area contributed by atoms with Crippen LogP contribution in [-0.2, 0) is 21.3 Å². The smallest absolute Gasteiger partial charge is 0.409 e. The van der Waals surface area contributed by atoms with Gasteiger partial charge in [0.2, 0.25) is 0 Å². The van der Waals surface area contributed by atoms with Crippen molar-refractivity contribution < 1.29 is 27.4 Å². The highest BCUT2D eigenvalue weighted by molar-refractivity contribution is 7.90. The zero-order valence-corrected chi connectivity index (χ0v) is 16.4. The van der Waals surface area contributed by atoms with Crippen molar-refractivity contribution in [3.05, 3.63) is 58.3 Å². The summed E-state index contributed by atoms with van der Waals surface area (Å²) in [6.07, 6.45) is 0.625. The third kappa shape index (κ3) is 4.25. The van der Waals surface area contributed by atoms with E-state index in [1.54, 1.807) is 4.90 Å². The Balaban J connectivity index is 1.80. The number of piperazine rings is 1. The van der Waals surface area contributed by atoms with Gasteiger partial charge >= 0.3 is 11.7 Å². The van der Waals surface area contributed by atoms with Crippen LogP contribution in [0.1, 0.15) is 5.56 Å². The van der Waals surface area contributed by atoms with E-state index in [1.807, 2.05) is 4.90 Å². The van der Waals surface area contributed by atoms with Crippen LogP contribution >= 0.6 is 0 Å². The Morgan fingerprint density at radius 1 is 1.21 bits per heavy atom. The molecule has 1 aromatic carbocycles. The highest BCUT2D eigenvalue weighted by Crippen LogP contribution is 2.19. The van der Waals surface area contributed by atoms with Crippen LogP contribution in [0.5, 0.6) is 5.75 Å². The Morgan fingerprint density at radius 2 is 1.90 bits per heavy atom. The van der Waals surface area contributed by atoms with Gasteiger partial charge in [0.05, 0.1) is 12.0 Å². The van der Waals surface area contributed by atoms with Gasteiger partial charge in [-0.05, 0) is 24.3 Å². The highest BCUT2D eigenvalue weighted by Gasteiger charge is 2.25. The highest BCUT2D eigenvalue weighted by atomic mass is 32.2. The fraction of sp³-hybridized carbons (Fsp3) is 0.333. The number of aromatic hydroxyl groups is 1. The summed E-state index contributed by atoms with van der Waals surface area (Å²) < 4.78 is 43.7. The third-order valence-corrected chi connectivity index (χ3v) is 6.33. The van der Waals surface area contributed by atoms with Crippen LogP contribution in [0.15, 0.2) is 46.2 Å². The van der Waals surface area contributed by atoms with E-state index in [2.05, 4.69) is 4.74 Å². The van der Waals surface area contributed by atoms with Crippen molar-refractivity contribution in [1.29, 1.82) is 0 Å². The molecule has 1 aliphatic rings. The summed E-state index contributed by atoms with van der Waals surface area (Å²) in [5, 5.41) is 10.3. The van der Waals surface area contributed by atoms with Crippen LogP contribution in [-0.4, -0.2) is 66.7 Å². The second-order valence-corrected chi connectivity index (χ2v) is 8.30. The number of halogens is 1. The van der Waals surface area contributed by atoms with Crippen LogP contribution in [0.25, 0.3) is 0 Å². The van der Waals surface area contributed by atoms with E-state index in [1.165, 1.54) is 19.2 Å². The topological polar surface area (TPSA) is 109 Å². The van der Waals surface area contributed by atoms with Gasteiger partial charge in [-0.1, -0.05) is 6.07 Å². The van der Waals surface area contributed by atoms with Gasteiger partial charge in [-0.2, -0.15) is 0 Å². The molecular formula is C18H20FN3O6S. The first kappa shape index (κ1) is 20.8. The second kappa shape index (κ2) is 8.21. The number of methoxy groups -OCH3 is 1. The average Bonchev–Trinajstić information content (AvgIpc) is 2.71. The number of ether oxygens (including phenoxy) is 1. The number of hydrogen-bond acceptors (Lipinski definition) is 7. The van der Waals surface area contributed by atoms with Gasteiger partial charge in [-0.25, -0.2) is 21.6 Å². The van der Waals surface area contributed by atoms with Gasteiger partial charge in [-0.15, -0.1) is 0 Å². The number of rotatable bonds is 4. The van der Waals surface area contributed by atoms with E-state index in [-0.39, 0.29) is 12.1 Å². The van der Waals surface area contributed by atoms with Gasteiger partial charge in [0.15, 0.2) is 5.75 Å². The first-order valence-corrected chi connectivity index (χ1v) is 10.2. The molecule has 0 saturated carbocycles. The lowest BCUT2D eigenvalue weighted by Gasteiger charge is -2.33. The number of carbonyl (C=O) groups is 1. The molecule has 1 N–H and O–H groups in total. The summed E-state index contributed by atoms with van der Waals surface area (Å²) in [6.45, 7) is 2.06. The largest absolute Gasteiger partial charge is 0.503 e. The molecule has 0 unspecified atom stereocenters. The van der Waals surface area contributed by atoms with E-state index in [9.17, 15) is 27.5 Å². The van der Waals surface area contributed by atoms with Crippen molar-refractivity contribution in [2.24, 2.45) is 0 Å². The molecule has 1 fully saturated rings. The summed E-state index contributed by atoms with van der Waals surface area (Å²) >= 11 is 0. The van der Waals surface area contributed by atoms with Gasteiger partial charge in [0, 0.05) is 44.5 Å². The fourth-order valence-electron chi connectivity index (χ4n) is 3.06. The van der Waals surface area contributed by atoms with Gasteiger partial charge in [-0.3, -0.25) is 9.69 Å². The zero-order chi connectivity index (χ0) is 21.2. The number of nitrogens with zero attached hydrogens (tertiary/aromatic N) is 3. The van der Waals surface area contributed by atoms with Crippen molar-refractivity contribution in [1.82, 2.24) is 13.8 Å². The lowest BCUT2D eigenvalue weighted by Crippen LogP contribution is -2.48. The molecule has 2 aromatic rings. The Labute approximate surface area is 166 Å². The Kier molecular flexibility index (Phi) is 5.89. The molecule has 0 bridgehead atoms. The molecule has 0 atom stereocenters. The molecule has 156 valence electrons. The maximum atomic E-state index is 13.4. The number of hydrogen-bond donors (Lipinski definition) is 1. The molecule has 1 amide bonds. The summed E-state index contributed by atoms with van der Waals surface area (Å²) in [5.74, 6) is -1.45. The van der Waals surface area contributed by atoms with E-state index in [0.717, 1.165) is 24.4 Å². The summed E-state index contributed by atoms with van der Waals surface area (Å²) in [6, 6.07) is 5.60. The van der Waals surface area contributed by atoms with Crippen LogP contribution in [0.3, 0.4) is 0 Å². The number of aromatic nitrogens is 1. The van der Waals surface area contributed by atoms with E-state index >= 15 is 0 Å². The van der Waals surface area contributed by atoms with Crippen molar-refractivity contribution in [3.8, 4) is 5.75 Å². The van der Waals surface area contributed by atoms with E-state index in [4.69, 9.17) is 0 Å². The molecule has 2 heterocycles. The molecule has 9 nitrogen and oxygen atoms in total. The van der Waals surface area contributed by atoms with Gasteiger partial charge < -0.3 is 14.7 Å². The second-order valence-electron chi connectivity index (χ2n) is 6.49. The van der Waals surface area contributed by atoms with Crippen molar-refractivity contribution in [2.75, 3.05) is 33.3 Å². The van der Waals surface area contributed by atoms with Crippen LogP contribution in [0.2, 0.25) is 0 Å². The number of carbonyl (C=O) groups excluding carboxylic acids is 1. The molecular weight excluding hydrogens is 405 g/mol. The molecule has 0 spiro atoms. The minimum atomic E-state index is -4.35. The van der Waals surface area contributed by atoms with E-state index < -0.39 is 38.1 Å². The van der Waals surface area contributed by atoms with Gasteiger partial charge in [0.25, 0.3) is 10.0 Å². The molecule has 0 radical (unpaired) electrons. The summed E-state index contributed by atoms with van der Waals surface area (Å²) in [4.78, 5) is 27.0. The summed E-state index contributed by atoms with van der Waals surface area (Å²) in [5.41, 5.74) is -0.854. The van der Waals surface area contributed by atoms with E-state index in [0.29, 0.717) is 30.2 Å². The minimum absolute atomic E-state index is 0.205. The first-order valence-electron chi connectivity index (χ1n) is 8.74. The molecule has 1 aliphatic heterocycles. The van der Waals surface area contributed by atoms with Crippen molar-refractivity contribution >= 4 is 16.1 Å². The Hall–Kier alpha value is -2.92. The molecule has 29 heavy (non-hydrogen) atoms. The standard InChI is InChI=1S/C18H20FN3O6S/c1-28-18(25)21-9-7-20(8-10-21)12-13-5-6-22(17(24)16(13)23)29(26,27)15-4-2-3-14(19)11-15/h2-6,11,23H,7-10,12H2,1H3. The minimum Gasteiger partial charge on any atom is -0.503 e. The fourth-order valence-corrected chi connectivity index (χ4v) is 4.33. The molecule has 1 saturated heterocycles. The average molecular weight is 425 g/mol. The Morgan fingerprint density at radius 3 is 2.52 bits per heavy atom. The summed E-state index contributed by atoms with van der Waals surface area (Å²) in [7, 11) is -3.05. The normalized spacial score (nSPS) is 15.3. The molecule has 0 aliphatic carbocycles. The van der Waals surface area contributed by atoms with Crippen molar-refractivity contribution in [2.45, 2.75) is 11.4 Å². The lowest BCUT2D eigenvalue weighted by molar-refractivity contribution is 0.0886. The van der Waals surface area contributed by atoms with Crippen molar-refractivity contribution in [3.63, 3.8) is 0 Å². The molecule has 11 heteroatoms. The predicted octanol–water partition coefficient (Wildman–Crippen LogP) is 0.814. The lowest BCUT2D eigenvalue weighted by atomic mass is 10.2. The van der Waals surface area contributed by atoms with Gasteiger partial charge in [0.1, 0.15) is 5.82 Å². The third-order valence-electron chi connectivity index (χ3n) is 4.67. The SMILES string of the molecule is COC(=O)N1CCN(Cc2ccn(S(=O)(=O)c3cccc(F)c3)c(=O)c2O)CC1.